The van der Waals surface area contributed by atoms with Crippen LogP contribution in [-0.4, -0.2) is 40.1 Å². The molecule has 9 nitrogen and oxygen atoms in total. The van der Waals surface area contributed by atoms with E-state index in [1.807, 2.05) is 62.4 Å². The summed E-state index contributed by atoms with van der Waals surface area (Å²) in [6, 6.07) is 18.8. The number of hydrogen-bond acceptors (Lipinski definition) is 7. The number of aryl methyl sites for hydroxylation is 2. The number of hydrogen-bond donors (Lipinski definition) is 1. The number of aromatic nitrogens is 3. The highest BCUT2D eigenvalue weighted by Crippen LogP contribution is 2.32. The number of unbranched alkanes of at least 4 members (excludes halogenated alkanes) is 1. The lowest BCUT2D eigenvalue weighted by Crippen LogP contribution is -2.31. The summed E-state index contributed by atoms with van der Waals surface area (Å²) in [7, 11) is 1.63. The van der Waals surface area contributed by atoms with Gasteiger partial charge in [0.05, 0.1) is 25.1 Å². The van der Waals surface area contributed by atoms with Gasteiger partial charge in [-0.05, 0) is 73.9 Å². The van der Waals surface area contributed by atoms with Crippen molar-refractivity contribution >= 4 is 22.5 Å². The van der Waals surface area contributed by atoms with Crippen molar-refractivity contribution in [3.05, 3.63) is 82.3 Å². The van der Waals surface area contributed by atoms with Crippen LogP contribution in [0.1, 0.15) is 37.4 Å². The molecule has 0 spiro atoms. The van der Waals surface area contributed by atoms with Gasteiger partial charge in [0, 0.05) is 41.6 Å². The number of nitrogens with one attached hydrogen (secondary N) is 1. The van der Waals surface area contributed by atoms with Gasteiger partial charge < -0.3 is 9.47 Å². The molecule has 0 saturated carbocycles. The van der Waals surface area contributed by atoms with Gasteiger partial charge >= 0.3 is 0 Å². The second-order valence-corrected chi connectivity index (χ2v) is 9.66. The molecule has 1 N–H and O–H groups in total. The van der Waals surface area contributed by atoms with E-state index in [1.54, 1.807) is 19.2 Å². The van der Waals surface area contributed by atoms with Gasteiger partial charge in [-0.2, -0.15) is 10.2 Å². The van der Waals surface area contributed by atoms with E-state index >= 15 is 0 Å². The summed E-state index contributed by atoms with van der Waals surface area (Å²) in [5.41, 5.74) is 7.53. The second-order valence-electron chi connectivity index (χ2n) is 9.66. The first-order valence-electron chi connectivity index (χ1n) is 13.1. The van der Waals surface area contributed by atoms with Crippen molar-refractivity contribution in [1.82, 2.24) is 20.2 Å². The van der Waals surface area contributed by atoms with Gasteiger partial charge in [-0.1, -0.05) is 13.0 Å². The minimum atomic E-state index is -0.141. The number of nitrogens with zero attached hydrogens (tertiary/aromatic N) is 4. The maximum Gasteiger partial charge on any atom is 0.266 e. The molecule has 0 bridgehead atoms. The van der Waals surface area contributed by atoms with Crippen molar-refractivity contribution in [2.75, 3.05) is 13.7 Å². The molecule has 1 amide bonds. The van der Waals surface area contributed by atoms with E-state index < -0.39 is 0 Å². The van der Waals surface area contributed by atoms with Gasteiger partial charge in [-0.3, -0.25) is 9.59 Å². The predicted molar refractivity (Wildman–Crippen MR) is 150 cm³/mol. The van der Waals surface area contributed by atoms with Crippen LogP contribution in [0.2, 0.25) is 0 Å². The topological polar surface area (TPSA) is 108 Å². The molecule has 0 aliphatic carbocycles. The number of pyridine rings is 1. The quantitative estimate of drug-likeness (QED) is 0.323. The smallest absolute Gasteiger partial charge is 0.266 e. The fourth-order valence-corrected chi connectivity index (χ4v) is 4.71. The van der Waals surface area contributed by atoms with Gasteiger partial charge in [0.25, 0.3) is 5.56 Å². The van der Waals surface area contributed by atoms with Gasteiger partial charge in [0.2, 0.25) is 5.91 Å². The molecule has 0 saturated heterocycles. The SMILES string of the molecule is COc1ccc(-c2ccc(=O)n(CCCCOc3ccc(C4=NNC(=O)CC4C)cc3)n2)c2ccc(C)nc12. The van der Waals surface area contributed by atoms with Crippen LogP contribution in [0, 0.1) is 12.8 Å². The summed E-state index contributed by atoms with van der Waals surface area (Å²) in [5.74, 6) is 1.48. The van der Waals surface area contributed by atoms with E-state index in [1.165, 1.54) is 4.68 Å². The van der Waals surface area contributed by atoms with Crippen molar-refractivity contribution in [2.24, 2.45) is 11.0 Å². The maximum absolute atomic E-state index is 12.5. The van der Waals surface area contributed by atoms with Crippen molar-refractivity contribution < 1.29 is 14.3 Å². The standard InChI is InChI=1S/C30H31N5O4/c1-19-18-27(36)32-33-29(19)21-7-9-22(10-8-21)39-17-5-4-16-35-28(37)15-13-25(34-35)23-12-14-26(38-3)30-24(23)11-6-20(2)31-30/h6-15,19H,4-5,16-18H2,1-3H3,(H,32,36). The van der Waals surface area contributed by atoms with Gasteiger partial charge in [0.15, 0.2) is 0 Å². The third kappa shape index (κ3) is 5.82. The van der Waals surface area contributed by atoms with Crippen LogP contribution in [-0.2, 0) is 11.3 Å². The Kier molecular flexibility index (Phi) is 7.67. The third-order valence-corrected chi connectivity index (χ3v) is 6.76. The zero-order chi connectivity index (χ0) is 27.4. The lowest BCUT2D eigenvalue weighted by atomic mass is 9.94. The highest BCUT2D eigenvalue weighted by molar-refractivity contribution is 6.05. The number of carbonyl (C=O) groups is 1. The van der Waals surface area contributed by atoms with Crippen molar-refractivity contribution in [2.45, 2.75) is 39.7 Å². The Morgan fingerprint density at radius 1 is 1.00 bits per heavy atom. The van der Waals surface area contributed by atoms with E-state index in [0.717, 1.165) is 52.0 Å². The average molecular weight is 526 g/mol. The monoisotopic (exact) mass is 525 g/mol. The molecule has 2 aromatic heterocycles. The van der Waals surface area contributed by atoms with Gasteiger partial charge in [0.1, 0.15) is 17.0 Å². The fraction of sp³-hybridized carbons (Fsp3) is 0.300. The first-order valence-corrected chi connectivity index (χ1v) is 13.1. The zero-order valence-corrected chi connectivity index (χ0v) is 22.3. The Morgan fingerprint density at radius 2 is 1.82 bits per heavy atom. The van der Waals surface area contributed by atoms with Crippen LogP contribution in [0.4, 0.5) is 0 Å². The lowest BCUT2D eigenvalue weighted by Gasteiger charge is -2.19. The first-order chi connectivity index (χ1) is 18.9. The Balaban J connectivity index is 1.20. The number of hydrazone groups is 1. The summed E-state index contributed by atoms with van der Waals surface area (Å²) in [4.78, 5) is 28.6. The fourth-order valence-electron chi connectivity index (χ4n) is 4.71. The average Bonchev–Trinajstić information content (AvgIpc) is 2.93. The molecular formula is C30H31N5O4. The minimum absolute atomic E-state index is 0.0583. The Hall–Kier alpha value is -4.53. The van der Waals surface area contributed by atoms with Crippen molar-refractivity contribution in [3.8, 4) is 22.8 Å². The number of ether oxygens (including phenoxy) is 2. The van der Waals surface area contributed by atoms with Crippen molar-refractivity contribution in [1.29, 1.82) is 0 Å². The molecule has 4 aromatic rings. The summed E-state index contributed by atoms with van der Waals surface area (Å²) >= 11 is 0. The number of fused-ring (bicyclic) bond motifs is 1. The molecule has 1 unspecified atom stereocenters. The minimum Gasteiger partial charge on any atom is -0.494 e. The van der Waals surface area contributed by atoms with Crippen molar-refractivity contribution in [3.63, 3.8) is 0 Å². The Bertz CT molecular complexity index is 1590. The van der Waals surface area contributed by atoms with E-state index in [2.05, 4.69) is 20.6 Å². The van der Waals surface area contributed by atoms with E-state index in [0.29, 0.717) is 31.0 Å². The van der Waals surface area contributed by atoms with Crippen LogP contribution in [0.25, 0.3) is 22.2 Å². The Labute approximate surface area is 226 Å². The maximum atomic E-state index is 12.5. The molecule has 1 aliphatic rings. The van der Waals surface area contributed by atoms with E-state index in [4.69, 9.17) is 9.47 Å². The summed E-state index contributed by atoms with van der Waals surface area (Å²) in [6.45, 7) is 4.95. The molecule has 1 atom stereocenters. The summed E-state index contributed by atoms with van der Waals surface area (Å²) in [6.07, 6.45) is 1.95. The third-order valence-electron chi connectivity index (χ3n) is 6.76. The van der Waals surface area contributed by atoms with Crippen LogP contribution >= 0.6 is 0 Å². The van der Waals surface area contributed by atoms with Crippen LogP contribution in [0.3, 0.4) is 0 Å². The number of carbonyl (C=O) groups excluding carboxylic acids is 1. The summed E-state index contributed by atoms with van der Waals surface area (Å²) < 4.78 is 12.9. The normalized spacial score (nSPS) is 15.1. The molecule has 3 heterocycles. The van der Waals surface area contributed by atoms with E-state index in [9.17, 15) is 9.59 Å². The first kappa shape index (κ1) is 26.1. The molecule has 0 radical (unpaired) electrons. The number of amides is 1. The number of rotatable bonds is 9. The van der Waals surface area contributed by atoms with Crippen LogP contribution in [0.15, 0.2) is 70.6 Å². The second kappa shape index (κ2) is 11.5. The molecule has 5 rings (SSSR count). The largest absolute Gasteiger partial charge is 0.494 e. The molecular weight excluding hydrogens is 494 g/mol. The van der Waals surface area contributed by atoms with E-state index in [-0.39, 0.29) is 17.4 Å². The zero-order valence-electron chi connectivity index (χ0n) is 22.3. The van der Waals surface area contributed by atoms with Crippen LogP contribution < -0.4 is 20.5 Å². The highest BCUT2D eigenvalue weighted by atomic mass is 16.5. The Morgan fingerprint density at radius 3 is 2.59 bits per heavy atom. The molecule has 39 heavy (non-hydrogen) atoms. The predicted octanol–water partition coefficient (Wildman–Crippen LogP) is 4.49. The lowest BCUT2D eigenvalue weighted by molar-refractivity contribution is -0.121. The molecule has 200 valence electrons. The summed E-state index contributed by atoms with van der Waals surface area (Å²) in [5, 5.41) is 9.77. The molecule has 0 fully saturated rings. The van der Waals surface area contributed by atoms with Crippen LogP contribution in [0.5, 0.6) is 11.5 Å². The molecule has 1 aliphatic heterocycles. The number of methoxy groups -OCH3 is 1. The molecule has 2 aromatic carbocycles. The molecule has 9 heteroatoms. The highest BCUT2D eigenvalue weighted by Gasteiger charge is 2.21. The van der Waals surface area contributed by atoms with Gasteiger partial charge in [-0.15, -0.1) is 0 Å². The van der Waals surface area contributed by atoms with Gasteiger partial charge in [-0.25, -0.2) is 15.1 Å². The number of benzene rings is 2.